The van der Waals surface area contributed by atoms with Gasteiger partial charge in [-0.15, -0.1) is 0 Å². The van der Waals surface area contributed by atoms with Gasteiger partial charge in [0.15, 0.2) is 5.78 Å². The Bertz CT molecular complexity index is 438. The third-order valence-corrected chi connectivity index (χ3v) is 3.20. The zero-order valence-corrected chi connectivity index (χ0v) is 14.4. The van der Waals surface area contributed by atoms with E-state index in [0.717, 1.165) is 30.7 Å². The van der Waals surface area contributed by atoms with Gasteiger partial charge in [-0.2, -0.15) is 12.6 Å². The van der Waals surface area contributed by atoms with E-state index in [-0.39, 0.29) is 17.8 Å². The molecule has 0 aromatic heterocycles. The Morgan fingerprint density at radius 3 is 2.77 bits per heavy atom. The normalized spacial score (nSPS) is 12.0. The predicted molar refractivity (Wildman–Crippen MR) is 94.0 cm³/mol. The molecule has 1 aromatic rings. The number of ketones is 1. The molecule has 0 aliphatic rings. The highest BCUT2D eigenvalue weighted by Crippen LogP contribution is 2.18. The van der Waals surface area contributed by atoms with Crippen LogP contribution in [0.5, 0.6) is 5.75 Å². The first-order chi connectivity index (χ1) is 10.6. The van der Waals surface area contributed by atoms with E-state index in [0.29, 0.717) is 19.6 Å². The van der Waals surface area contributed by atoms with Crippen LogP contribution in [-0.4, -0.2) is 31.0 Å². The van der Waals surface area contributed by atoms with Gasteiger partial charge in [-0.3, -0.25) is 4.79 Å². The lowest BCUT2D eigenvalue weighted by Gasteiger charge is -2.11. The summed E-state index contributed by atoms with van der Waals surface area (Å²) < 4.78 is 11.0. The number of benzene rings is 1. The maximum atomic E-state index is 11.0. The summed E-state index contributed by atoms with van der Waals surface area (Å²) >= 11 is 4.30. The zero-order chi connectivity index (χ0) is 16.2. The van der Waals surface area contributed by atoms with Crippen molar-refractivity contribution < 1.29 is 14.3 Å². The van der Waals surface area contributed by atoms with Crippen molar-refractivity contribution in [1.29, 1.82) is 0 Å². The van der Waals surface area contributed by atoms with Gasteiger partial charge < -0.3 is 14.8 Å². The number of nitrogens with one attached hydrogen (secondary N) is 1. The molecule has 0 fully saturated rings. The highest BCUT2D eigenvalue weighted by atomic mass is 32.1. The van der Waals surface area contributed by atoms with E-state index < -0.39 is 0 Å². The van der Waals surface area contributed by atoms with Gasteiger partial charge in [0, 0.05) is 24.8 Å². The molecule has 0 saturated heterocycles. The second-order valence-electron chi connectivity index (χ2n) is 5.20. The van der Waals surface area contributed by atoms with Crippen LogP contribution in [0.3, 0.4) is 0 Å². The van der Waals surface area contributed by atoms with Gasteiger partial charge in [0.2, 0.25) is 0 Å². The van der Waals surface area contributed by atoms with E-state index in [1.807, 2.05) is 38.1 Å². The van der Waals surface area contributed by atoms with Crippen molar-refractivity contribution in [2.24, 2.45) is 0 Å². The third-order valence-electron chi connectivity index (χ3n) is 3.07. The Morgan fingerprint density at radius 1 is 1.27 bits per heavy atom. The maximum absolute atomic E-state index is 11.0. The van der Waals surface area contributed by atoms with Gasteiger partial charge >= 0.3 is 0 Å². The largest absolute Gasteiger partial charge is 0.494 e. The Labute approximate surface area is 139 Å². The van der Waals surface area contributed by atoms with E-state index in [1.54, 1.807) is 0 Å². The number of ether oxygens (including phenoxy) is 2. The summed E-state index contributed by atoms with van der Waals surface area (Å²) in [5, 5.41) is 3.33. The summed E-state index contributed by atoms with van der Waals surface area (Å²) in [5.74, 6) is 1.02. The van der Waals surface area contributed by atoms with Crippen molar-refractivity contribution in [3.05, 3.63) is 24.3 Å². The van der Waals surface area contributed by atoms with Crippen LogP contribution in [0.15, 0.2) is 24.3 Å². The van der Waals surface area contributed by atoms with Crippen LogP contribution >= 0.6 is 12.6 Å². The minimum absolute atomic E-state index is 0.106. The standard InChI is InChI=1S/C17H27NO3S/c1-3-16(19)13-20-10-5-4-6-11-21-17-9-7-8-15(12-17)18-14(2)22/h7-9,12,14,18,22H,3-6,10-11,13H2,1-2H3. The molecule has 0 amide bonds. The molecule has 0 bridgehead atoms. The van der Waals surface area contributed by atoms with Crippen LogP contribution in [0.1, 0.15) is 39.5 Å². The average Bonchev–Trinajstić information content (AvgIpc) is 2.49. The molecule has 1 unspecified atom stereocenters. The highest BCUT2D eigenvalue weighted by Gasteiger charge is 2.00. The lowest BCUT2D eigenvalue weighted by molar-refractivity contribution is -0.123. The number of Topliss-reactive ketones (excluding diaryl/α,β-unsaturated/α-hetero) is 1. The first-order valence-electron chi connectivity index (χ1n) is 7.88. The molecule has 124 valence electrons. The summed E-state index contributed by atoms with van der Waals surface area (Å²) in [6.45, 7) is 5.41. The van der Waals surface area contributed by atoms with Crippen molar-refractivity contribution in [1.82, 2.24) is 0 Å². The first kappa shape index (κ1) is 18.8. The minimum atomic E-state index is 0.106. The maximum Gasteiger partial charge on any atom is 0.158 e. The van der Waals surface area contributed by atoms with Crippen LogP contribution in [-0.2, 0) is 9.53 Å². The van der Waals surface area contributed by atoms with Crippen LogP contribution in [0.2, 0.25) is 0 Å². The summed E-state index contributed by atoms with van der Waals surface area (Å²) in [7, 11) is 0. The molecular weight excluding hydrogens is 298 g/mol. The van der Waals surface area contributed by atoms with E-state index in [4.69, 9.17) is 9.47 Å². The fraction of sp³-hybridized carbons (Fsp3) is 0.588. The Hall–Kier alpha value is -1.20. The second kappa shape index (κ2) is 11.4. The van der Waals surface area contributed by atoms with Crippen LogP contribution in [0.4, 0.5) is 5.69 Å². The van der Waals surface area contributed by atoms with Gasteiger partial charge in [-0.05, 0) is 38.3 Å². The number of carbonyl (C=O) groups excluding carboxylic acids is 1. The molecule has 4 nitrogen and oxygen atoms in total. The second-order valence-corrected chi connectivity index (χ2v) is 5.98. The number of unbranched alkanes of at least 4 members (excludes halogenated alkanes) is 2. The van der Waals surface area contributed by atoms with Crippen LogP contribution in [0, 0.1) is 0 Å². The topological polar surface area (TPSA) is 47.6 Å². The molecule has 1 aromatic carbocycles. The number of rotatable bonds is 12. The van der Waals surface area contributed by atoms with E-state index in [9.17, 15) is 4.79 Å². The Balaban J connectivity index is 2.08. The smallest absolute Gasteiger partial charge is 0.158 e. The number of thiol groups is 1. The number of hydrogen-bond donors (Lipinski definition) is 2. The minimum Gasteiger partial charge on any atom is -0.494 e. The molecule has 0 aliphatic carbocycles. The molecule has 1 rings (SSSR count). The molecule has 22 heavy (non-hydrogen) atoms. The van der Waals surface area contributed by atoms with Crippen LogP contribution in [0.25, 0.3) is 0 Å². The SMILES string of the molecule is CCC(=O)COCCCCCOc1cccc(NC(C)S)c1. The number of carbonyl (C=O) groups is 1. The van der Waals surface area contributed by atoms with Crippen molar-refractivity contribution in [2.45, 2.75) is 44.9 Å². The molecule has 5 heteroatoms. The monoisotopic (exact) mass is 325 g/mol. The van der Waals surface area contributed by atoms with E-state index in [1.165, 1.54) is 0 Å². The molecule has 0 spiro atoms. The van der Waals surface area contributed by atoms with E-state index >= 15 is 0 Å². The van der Waals surface area contributed by atoms with Crippen LogP contribution < -0.4 is 10.1 Å². The van der Waals surface area contributed by atoms with Crippen molar-refractivity contribution in [2.75, 3.05) is 25.1 Å². The Morgan fingerprint density at radius 2 is 2.05 bits per heavy atom. The quantitative estimate of drug-likeness (QED) is 0.347. The van der Waals surface area contributed by atoms with Gasteiger partial charge in [0.1, 0.15) is 12.4 Å². The molecule has 1 atom stereocenters. The van der Waals surface area contributed by atoms with Crippen molar-refractivity contribution in [3.8, 4) is 5.75 Å². The molecule has 0 heterocycles. The van der Waals surface area contributed by atoms with Gasteiger partial charge in [0.05, 0.1) is 12.0 Å². The molecule has 1 N–H and O–H groups in total. The predicted octanol–water partition coefficient (Wildman–Crippen LogP) is 3.92. The van der Waals surface area contributed by atoms with Crippen molar-refractivity contribution in [3.63, 3.8) is 0 Å². The fourth-order valence-electron chi connectivity index (χ4n) is 1.88. The van der Waals surface area contributed by atoms with E-state index in [2.05, 4.69) is 17.9 Å². The fourth-order valence-corrected chi connectivity index (χ4v) is 2.03. The lowest BCUT2D eigenvalue weighted by Crippen LogP contribution is -2.08. The molecular formula is C17H27NO3S. The summed E-state index contributed by atoms with van der Waals surface area (Å²) in [6.07, 6.45) is 3.52. The van der Waals surface area contributed by atoms with Gasteiger partial charge in [-0.1, -0.05) is 13.0 Å². The van der Waals surface area contributed by atoms with Gasteiger partial charge in [0.25, 0.3) is 0 Å². The summed E-state index contributed by atoms with van der Waals surface area (Å²) in [6, 6.07) is 7.89. The molecule has 0 saturated carbocycles. The summed E-state index contributed by atoms with van der Waals surface area (Å²) in [4.78, 5) is 11.0. The molecule has 0 radical (unpaired) electrons. The molecule has 0 aliphatic heterocycles. The van der Waals surface area contributed by atoms with Crippen molar-refractivity contribution >= 4 is 24.1 Å². The lowest BCUT2D eigenvalue weighted by atomic mass is 10.2. The highest BCUT2D eigenvalue weighted by molar-refractivity contribution is 7.81. The zero-order valence-electron chi connectivity index (χ0n) is 13.5. The average molecular weight is 325 g/mol. The first-order valence-corrected chi connectivity index (χ1v) is 8.40. The summed E-state index contributed by atoms with van der Waals surface area (Å²) in [5.41, 5.74) is 1.01. The Kier molecular flexibility index (Phi) is 9.75. The van der Waals surface area contributed by atoms with Gasteiger partial charge in [-0.25, -0.2) is 0 Å². The number of anilines is 1. The number of hydrogen-bond acceptors (Lipinski definition) is 5. The third kappa shape index (κ3) is 8.95.